The van der Waals surface area contributed by atoms with Gasteiger partial charge in [-0.3, -0.25) is 9.59 Å². The fourth-order valence-electron chi connectivity index (χ4n) is 2.68. The van der Waals surface area contributed by atoms with Gasteiger partial charge in [-0.25, -0.2) is 0 Å². The maximum atomic E-state index is 11.9. The van der Waals surface area contributed by atoms with Crippen LogP contribution in [0.5, 0.6) is 0 Å². The normalized spacial score (nSPS) is 22.1. The maximum Gasteiger partial charge on any atom is 0.306 e. The summed E-state index contributed by atoms with van der Waals surface area (Å²) in [6, 6.07) is 8.03. The molecule has 112 valence electrons. The monoisotopic (exact) mass is 287 g/mol. The number of benzene rings is 1. The summed E-state index contributed by atoms with van der Waals surface area (Å²) in [7, 11) is 0. The van der Waals surface area contributed by atoms with Crippen LogP contribution < -0.4 is 5.32 Å². The van der Waals surface area contributed by atoms with Gasteiger partial charge in [-0.15, -0.1) is 0 Å². The van der Waals surface area contributed by atoms with Crippen LogP contribution in [0.3, 0.4) is 0 Å². The third-order valence-corrected chi connectivity index (χ3v) is 3.89. The summed E-state index contributed by atoms with van der Waals surface area (Å²) in [4.78, 5) is 22.7. The Morgan fingerprint density at radius 3 is 2.57 bits per heavy atom. The van der Waals surface area contributed by atoms with E-state index in [1.807, 2.05) is 31.2 Å². The molecule has 2 rings (SSSR count). The lowest BCUT2D eigenvalue weighted by molar-refractivity contribution is -0.142. The predicted octanol–water partition coefficient (Wildman–Crippen LogP) is 2.77. The molecule has 4 heteroatoms. The van der Waals surface area contributed by atoms with Gasteiger partial charge in [-0.2, -0.15) is 0 Å². The van der Waals surface area contributed by atoms with E-state index in [2.05, 4.69) is 5.32 Å². The van der Waals surface area contributed by atoms with Gasteiger partial charge in [0.1, 0.15) is 0 Å². The second-order valence-corrected chi connectivity index (χ2v) is 5.64. The molecule has 1 aliphatic rings. The molecule has 1 saturated carbocycles. The zero-order chi connectivity index (χ0) is 15.2. The first-order valence-electron chi connectivity index (χ1n) is 7.32. The molecule has 0 radical (unpaired) electrons. The van der Waals surface area contributed by atoms with E-state index in [0.29, 0.717) is 12.8 Å². The second kappa shape index (κ2) is 7.07. The Morgan fingerprint density at radius 1 is 1.24 bits per heavy atom. The molecule has 1 amide bonds. The quantitative estimate of drug-likeness (QED) is 0.837. The summed E-state index contributed by atoms with van der Waals surface area (Å²) in [6.07, 6.45) is 6.09. The second-order valence-electron chi connectivity index (χ2n) is 5.64. The van der Waals surface area contributed by atoms with Gasteiger partial charge in [0.25, 0.3) is 0 Å². The molecule has 0 atom stereocenters. The summed E-state index contributed by atoms with van der Waals surface area (Å²) in [5.41, 5.74) is 2.16. The first-order chi connectivity index (χ1) is 10.0. The summed E-state index contributed by atoms with van der Waals surface area (Å²) in [5.74, 6) is -1.09. The van der Waals surface area contributed by atoms with Gasteiger partial charge in [0.05, 0.1) is 5.92 Å². The van der Waals surface area contributed by atoms with E-state index in [4.69, 9.17) is 5.11 Å². The van der Waals surface area contributed by atoms with Crippen LogP contribution in [0.25, 0.3) is 6.08 Å². The van der Waals surface area contributed by atoms with Crippen molar-refractivity contribution >= 4 is 18.0 Å². The lowest BCUT2D eigenvalue weighted by Crippen LogP contribution is -2.37. The van der Waals surface area contributed by atoms with Crippen LogP contribution in [-0.4, -0.2) is 23.0 Å². The maximum absolute atomic E-state index is 11.9. The topological polar surface area (TPSA) is 66.4 Å². The van der Waals surface area contributed by atoms with Crippen molar-refractivity contribution in [1.29, 1.82) is 0 Å². The van der Waals surface area contributed by atoms with E-state index < -0.39 is 5.97 Å². The first-order valence-corrected chi connectivity index (χ1v) is 7.32. The molecule has 4 nitrogen and oxygen atoms in total. The number of aliphatic carboxylic acids is 1. The van der Waals surface area contributed by atoms with Crippen molar-refractivity contribution in [2.45, 2.75) is 38.6 Å². The number of amides is 1. The highest BCUT2D eigenvalue weighted by molar-refractivity contribution is 5.91. The molecule has 2 N–H and O–H groups in total. The molecule has 0 bridgehead atoms. The number of hydrogen-bond donors (Lipinski definition) is 2. The molecule has 1 fully saturated rings. The molecular formula is C17H21NO3. The lowest BCUT2D eigenvalue weighted by Gasteiger charge is -2.26. The van der Waals surface area contributed by atoms with Crippen LogP contribution in [0.2, 0.25) is 0 Å². The molecular weight excluding hydrogens is 266 g/mol. The number of aryl methyl sites for hydroxylation is 1. The van der Waals surface area contributed by atoms with Crippen molar-refractivity contribution in [2.24, 2.45) is 5.92 Å². The number of hydrogen-bond acceptors (Lipinski definition) is 2. The highest BCUT2D eigenvalue weighted by Gasteiger charge is 2.26. The molecule has 21 heavy (non-hydrogen) atoms. The lowest BCUT2D eigenvalue weighted by atomic mass is 9.86. The van der Waals surface area contributed by atoms with Gasteiger partial charge < -0.3 is 10.4 Å². The number of carbonyl (C=O) groups is 2. The van der Waals surface area contributed by atoms with E-state index in [0.717, 1.165) is 24.0 Å². The van der Waals surface area contributed by atoms with E-state index in [1.165, 1.54) is 6.08 Å². The molecule has 1 aliphatic carbocycles. The Bertz CT molecular complexity index is 543. The third-order valence-electron chi connectivity index (χ3n) is 3.89. The van der Waals surface area contributed by atoms with E-state index in [-0.39, 0.29) is 17.9 Å². The fourth-order valence-corrected chi connectivity index (χ4v) is 2.68. The standard InChI is InChI=1S/C17H21NO3/c1-12-3-2-4-13(11-12)5-10-16(19)18-15-8-6-14(7-9-15)17(20)21/h2-5,10-11,14-15H,6-9H2,1H3,(H,18,19)(H,20,21)/b10-5+. The van der Waals surface area contributed by atoms with Crippen molar-refractivity contribution in [3.63, 3.8) is 0 Å². The van der Waals surface area contributed by atoms with Crippen LogP contribution in [0.1, 0.15) is 36.8 Å². The van der Waals surface area contributed by atoms with Crippen LogP contribution in [0.15, 0.2) is 30.3 Å². The van der Waals surface area contributed by atoms with Crippen molar-refractivity contribution in [2.75, 3.05) is 0 Å². The summed E-state index contributed by atoms with van der Waals surface area (Å²) < 4.78 is 0. The SMILES string of the molecule is Cc1cccc(/C=C/C(=O)NC2CCC(C(=O)O)CC2)c1. The van der Waals surface area contributed by atoms with Crippen molar-refractivity contribution in [3.05, 3.63) is 41.5 Å². The molecule has 0 unspecified atom stereocenters. The van der Waals surface area contributed by atoms with Crippen molar-refractivity contribution < 1.29 is 14.7 Å². The number of carboxylic acid groups (broad SMARTS) is 1. The number of nitrogens with one attached hydrogen (secondary N) is 1. The molecule has 0 aromatic heterocycles. The Labute approximate surface area is 124 Å². The van der Waals surface area contributed by atoms with Gasteiger partial charge in [0, 0.05) is 12.1 Å². The minimum Gasteiger partial charge on any atom is -0.481 e. The minimum atomic E-state index is -0.723. The fraction of sp³-hybridized carbons (Fsp3) is 0.412. The van der Waals surface area contributed by atoms with Gasteiger partial charge >= 0.3 is 5.97 Å². The van der Waals surface area contributed by atoms with Crippen LogP contribution >= 0.6 is 0 Å². The van der Waals surface area contributed by atoms with E-state index in [9.17, 15) is 9.59 Å². The highest BCUT2D eigenvalue weighted by Crippen LogP contribution is 2.24. The van der Waals surface area contributed by atoms with E-state index in [1.54, 1.807) is 6.08 Å². The average Bonchev–Trinajstić information content (AvgIpc) is 2.46. The van der Waals surface area contributed by atoms with Crippen molar-refractivity contribution in [3.8, 4) is 0 Å². The summed E-state index contributed by atoms with van der Waals surface area (Å²) in [6.45, 7) is 2.01. The van der Waals surface area contributed by atoms with Crippen LogP contribution in [0, 0.1) is 12.8 Å². The smallest absolute Gasteiger partial charge is 0.306 e. The predicted molar refractivity (Wildman–Crippen MR) is 81.7 cm³/mol. The average molecular weight is 287 g/mol. The Hall–Kier alpha value is -2.10. The zero-order valence-corrected chi connectivity index (χ0v) is 12.2. The number of rotatable bonds is 4. The molecule has 0 heterocycles. The highest BCUT2D eigenvalue weighted by atomic mass is 16.4. The van der Waals surface area contributed by atoms with Gasteiger partial charge in [0.2, 0.25) is 5.91 Å². The Morgan fingerprint density at radius 2 is 1.95 bits per heavy atom. The molecule has 0 spiro atoms. The summed E-state index contributed by atoms with van der Waals surface area (Å²) in [5, 5.41) is 11.9. The molecule has 0 saturated heterocycles. The number of carboxylic acids is 1. The minimum absolute atomic E-state index is 0.0928. The van der Waals surface area contributed by atoms with Gasteiger partial charge in [0.15, 0.2) is 0 Å². The molecule has 1 aromatic carbocycles. The molecule has 0 aliphatic heterocycles. The largest absolute Gasteiger partial charge is 0.481 e. The van der Waals surface area contributed by atoms with Gasteiger partial charge in [-0.05, 0) is 44.2 Å². The molecule has 1 aromatic rings. The van der Waals surface area contributed by atoms with Gasteiger partial charge in [-0.1, -0.05) is 29.8 Å². The Kier molecular flexibility index (Phi) is 5.14. The third kappa shape index (κ3) is 4.74. The number of carbonyl (C=O) groups excluding carboxylic acids is 1. The van der Waals surface area contributed by atoms with Crippen LogP contribution in [0.4, 0.5) is 0 Å². The van der Waals surface area contributed by atoms with E-state index >= 15 is 0 Å². The first kappa shape index (κ1) is 15.3. The Balaban J connectivity index is 1.81. The zero-order valence-electron chi connectivity index (χ0n) is 12.2. The van der Waals surface area contributed by atoms with Crippen LogP contribution in [-0.2, 0) is 9.59 Å². The van der Waals surface area contributed by atoms with Crippen molar-refractivity contribution in [1.82, 2.24) is 5.32 Å². The summed E-state index contributed by atoms with van der Waals surface area (Å²) >= 11 is 0.